The van der Waals surface area contributed by atoms with Crippen molar-refractivity contribution in [2.24, 2.45) is 0 Å². The molecule has 2 aromatic rings. The minimum absolute atomic E-state index is 0.257. The lowest BCUT2D eigenvalue weighted by Crippen LogP contribution is -2.05. The highest BCUT2D eigenvalue weighted by molar-refractivity contribution is 5.79. The summed E-state index contributed by atoms with van der Waals surface area (Å²) < 4.78 is 5.82. The van der Waals surface area contributed by atoms with E-state index in [0.29, 0.717) is 11.3 Å². The molecule has 2 heteroatoms. The fraction of sp³-hybridized carbons (Fsp3) is 0.0625. The molecule has 0 saturated heterocycles. The molecule has 0 aliphatic rings. The molecular weight excluding hydrogens is 224 g/mol. The van der Waals surface area contributed by atoms with Crippen LogP contribution >= 0.6 is 0 Å². The molecule has 0 aromatic heterocycles. The lowest BCUT2D eigenvalue weighted by molar-refractivity contribution is 0.111. The van der Waals surface area contributed by atoms with Gasteiger partial charge in [-0.3, -0.25) is 4.79 Å². The number of benzene rings is 2. The fourth-order valence-corrected chi connectivity index (χ4v) is 1.72. The molecule has 18 heavy (non-hydrogen) atoms. The van der Waals surface area contributed by atoms with Gasteiger partial charge in [0.25, 0.3) is 0 Å². The van der Waals surface area contributed by atoms with Gasteiger partial charge in [0.05, 0.1) is 5.56 Å². The Morgan fingerprint density at radius 1 is 1.00 bits per heavy atom. The van der Waals surface area contributed by atoms with Crippen LogP contribution in [0.15, 0.2) is 67.3 Å². The van der Waals surface area contributed by atoms with Gasteiger partial charge in [0.15, 0.2) is 6.29 Å². The Hall–Kier alpha value is -2.35. The van der Waals surface area contributed by atoms with Crippen LogP contribution in [0.25, 0.3) is 0 Å². The van der Waals surface area contributed by atoms with E-state index >= 15 is 0 Å². The maximum absolute atomic E-state index is 10.9. The predicted octanol–water partition coefficient (Wildman–Crippen LogP) is 3.81. The van der Waals surface area contributed by atoms with Gasteiger partial charge in [-0.25, -0.2) is 0 Å². The SMILES string of the molecule is C=C[C@@H](Oc1ccccc1C=O)c1ccccc1. The van der Waals surface area contributed by atoms with Crippen molar-refractivity contribution in [3.05, 3.63) is 78.4 Å². The third-order valence-electron chi connectivity index (χ3n) is 2.64. The summed E-state index contributed by atoms with van der Waals surface area (Å²) in [6.45, 7) is 3.78. The van der Waals surface area contributed by atoms with Crippen LogP contribution in [0.2, 0.25) is 0 Å². The molecule has 0 unspecified atom stereocenters. The number of hydrogen-bond acceptors (Lipinski definition) is 2. The first-order valence-electron chi connectivity index (χ1n) is 5.73. The minimum atomic E-state index is -0.257. The van der Waals surface area contributed by atoms with E-state index in [9.17, 15) is 4.79 Å². The van der Waals surface area contributed by atoms with Gasteiger partial charge in [-0.2, -0.15) is 0 Å². The van der Waals surface area contributed by atoms with Crippen LogP contribution in [0, 0.1) is 0 Å². The molecular formula is C16H14O2. The molecule has 2 nitrogen and oxygen atoms in total. The van der Waals surface area contributed by atoms with Gasteiger partial charge in [0.2, 0.25) is 0 Å². The van der Waals surface area contributed by atoms with Crippen LogP contribution in [0.4, 0.5) is 0 Å². The lowest BCUT2D eigenvalue weighted by atomic mass is 10.1. The normalized spacial score (nSPS) is 11.6. The molecule has 0 aliphatic heterocycles. The van der Waals surface area contributed by atoms with Gasteiger partial charge < -0.3 is 4.74 Å². The monoisotopic (exact) mass is 238 g/mol. The van der Waals surface area contributed by atoms with E-state index < -0.39 is 0 Å². The van der Waals surface area contributed by atoms with Gasteiger partial charge in [0, 0.05) is 0 Å². The van der Waals surface area contributed by atoms with Crippen LogP contribution in [-0.2, 0) is 0 Å². The van der Waals surface area contributed by atoms with Crippen molar-refractivity contribution >= 4 is 6.29 Å². The van der Waals surface area contributed by atoms with Crippen molar-refractivity contribution in [1.29, 1.82) is 0 Å². The summed E-state index contributed by atoms with van der Waals surface area (Å²) in [6.07, 6.45) is 2.25. The summed E-state index contributed by atoms with van der Waals surface area (Å²) in [4.78, 5) is 10.9. The summed E-state index contributed by atoms with van der Waals surface area (Å²) in [7, 11) is 0. The molecule has 90 valence electrons. The van der Waals surface area contributed by atoms with Crippen molar-refractivity contribution in [1.82, 2.24) is 0 Å². The maximum Gasteiger partial charge on any atom is 0.153 e. The molecule has 0 amide bonds. The number of hydrogen-bond donors (Lipinski definition) is 0. The highest BCUT2D eigenvalue weighted by atomic mass is 16.5. The Morgan fingerprint density at radius 3 is 2.33 bits per heavy atom. The smallest absolute Gasteiger partial charge is 0.153 e. The fourth-order valence-electron chi connectivity index (χ4n) is 1.72. The Kier molecular flexibility index (Phi) is 3.92. The first-order chi connectivity index (χ1) is 8.85. The molecule has 2 aromatic carbocycles. The summed E-state index contributed by atoms with van der Waals surface area (Å²) in [5, 5.41) is 0. The first kappa shape index (κ1) is 12.1. The molecule has 0 saturated carbocycles. The third kappa shape index (κ3) is 2.66. The number of carbonyl (C=O) groups excluding carboxylic acids is 1. The van der Waals surface area contributed by atoms with Gasteiger partial charge in [-0.15, -0.1) is 0 Å². The molecule has 0 heterocycles. The van der Waals surface area contributed by atoms with Crippen LogP contribution < -0.4 is 4.74 Å². The number of rotatable bonds is 5. The van der Waals surface area contributed by atoms with E-state index in [0.717, 1.165) is 11.8 Å². The Bertz CT molecular complexity index is 532. The van der Waals surface area contributed by atoms with Crippen molar-refractivity contribution in [2.45, 2.75) is 6.10 Å². The summed E-state index contributed by atoms with van der Waals surface area (Å²) >= 11 is 0. The standard InChI is InChI=1S/C16H14O2/c1-2-15(13-8-4-3-5-9-13)18-16-11-7-6-10-14(16)12-17/h2-12,15H,1H2/t15-/m1/s1. The van der Waals surface area contributed by atoms with E-state index in [1.807, 2.05) is 42.5 Å². The molecule has 1 atom stereocenters. The molecule has 0 aliphatic carbocycles. The molecule has 0 radical (unpaired) electrons. The highest BCUT2D eigenvalue weighted by Gasteiger charge is 2.10. The van der Waals surface area contributed by atoms with Crippen LogP contribution in [0.3, 0.4) is 0 Å². The topological polar surface area (TPSA) is 26.3 Å². The first-order valence-corrected chi connectivity index (χ1v) is 5.73. The van der Waals surface area contributed by atoms with Gasteiger partial charge in [-0.05, 0) is 23.8 Å². The van der Waals surface area contributed by atoms with Gasteiger partial charge in [-0.1, -0.05) is 49.0 Å². The van der Waals surface area contributed by atoms with Crippen molar-refractivity contribution in [3.8, 4) is 5.75 Å². The number of aldehydes is 1. The van der Waals surface area contributed by atoms with Gasteiger partial charge in [0.1, 0.15) is 11.9 Å². The number of ether oxygens (including phenoxy) is 1. The van der Waals surface area contributed by atoms with E-state index in [4.69, 9.17) is 4.74 Å². The average Bonchev–Trinajstić information content (AvgIpc) is 2.46. The third-order valence-corrected chi connectivity index (χ3v) is 2.64. The highest BCUT2D eigenvalue weighted by Crippen LogP contribution is 2.25. The zero-order valence-electron chi connectivity index (χ0n) is 9.95. The number of para-hydroxylation sites is 1. The van der Waals surface area contributed by atoms with Crippen molar-refractivity contribution in [2.75, 3.05) is 0 Å². The average molecular weight is 238 g/mol. The van der Waals surface area contributed by atoms with E-state index in [1.54, 1.807) is 18.2 Å². The second kappa shape index (κ2) is 5.82. The maximum atomic E-state index is 10.9. The van der Waals surface area contributed by atoms with Crippen molar-refractivity contribution < 1.29 is 9.53 Å². The zero-order chi connectivity index (χ0) is 12.8. The predicted molar refractivity (Wildman–Crippen MR) is 71.8 cm³/mol. The van der Waals surface area contributed by atoms with E-state index in [1.165, 1.54) is 0 Å². The summed E-state index contributed by atoms with van der Waals surface area (Å²) in [5.74, 6) is 0.571. The van der Waals surface area contributed by atoms with Crippen LogP contribution in [0.5, 0.6) is 5.75 Å². The largest absolute Gasteiger partial charge is 0.481 e. The Balaban J connectivity index is 2.26. The van der Waals surface area contributed by atoms with Crippen LogP contribution in [0.1, 0.15) is 22.0 Å². The van der Waals surface area contributed by atoms with Crippen LogP contribution in [-0.4, -0.2) is 6.29 Å². The quantitative estimate of drug-likeness (QED) is 0.585. The minimum Gasteiger partial charge on any atom is -0.481 e. The lowest BCUT2D eigenvalue weighted by Gasteiger charge is -2.16. The molecule has 0 N–H and O–H groups in total. The van der Waals surface area contributed by atoms with Gasteiger partial charge >= 0.3 is 0 Å². The number of carbonyl (C=O) groups is 1. The molecule has 0 fully saturated rings. The second-order valence-electron chi connectivity index (χ2n) is 3.84. The summed E-state index contributed by atoms with van der Waals surface area (Å²) in [5.41, 5.74) is 1.55. The Morgan fingerprint density at radius 2 is 1.67 bits per heavy atom. The summed E-state index contributed by atoms with van der Waals surface area (Å²) in [6, 6.07) is 16.9. The molecule has 0 spiro atoms. The Labute approximate surface area is 107 Å². The van der Waals surface area contributed by atoms with E-state index in [-0.39, 0.29) is 6.10 Å². The molecule has 2 rings (SSSR count). The zero-order valence-corrected chi connectivity index (χ0v) is 9.95. The van der Waals surface area contributed by atoms with E-state index in [2.05, 4.69) is 6.58 Å². The molecule has 0 bridgehead atoms. The van der Waals surface area contributed by atoms with Crippen molar-refractivity contribution in [3.63, 3.8) is 0 Å². The second-order valence-corrected chi connectivity index (χ2v) is 3.84.